The van der Waals surface area contributed by atoms with Crippen LogP contribution in [0.4, 0.5) is 11.4 Å². The maximum atomic E-state index is 12.4. The zero-order valence-corrected chi connectivity index (χ0v) is 13.2. The molecule has 0 fully saturated rings. The number of anilines is 2. The lowest BCUT2D eigenvalue weighted by molar-refractivity contribution is 0.103. The first-order valence-corrected chi connectivity index (χ1v) is 7.70. The highest BCUT2D eigenvalue weighted by atomic mass is 16.1. The van der Waals surface area contributed by atoms with Gasteiger partial charge in [0.25, 0.3) is 0 Å². The zero-order valence-electron chi connectivity index (χ0n) is 13.2. The van der Waals surface area contributed by atoms with Gasteiger partial charge in [0.05, 0.1) is 0 Å². The Bertz CT molecular complexity index is 825. The molecule has 3 nitrogen and oxygen atoms in total. The third-order valence-electron chi connectivity index (χ3n) is 3.55. The quantitative estimate of drug-likeness (QED) is 0.635. The van der Waals surface area contributed by atoms with E-state index in [9.17, 15) is 4.79 Å². The predicted octanol–water partition coefficient (Wildman–Crippen LogP) is 4.91. The molecule has 24 heavy (non-hydrogen) atoms. The van der Waals surface area contributed by atoms with Crippen LogP contribution in [0.1, 0.15) is 15.9 Å². The first-order chi connectivity index (χ1) is 11.7. The highest BCUT2D eigenvalue weighted by molar-refractivity contribution is 6.09. The van der Waals surface area contributed by atoms with Crippen molar-refractivity contribution in [2.75, 3.05) is 10.6 Å². The number of benzene rings is 3. The highest BCUT2D eigenvalue weighted by Gasteiger charge is 2.08. The minimum absolute atomic E-state index is 0.0170. The molecular weight excluding hydrogens is 296 g/mol. The highest BCUT2D eigenvalue weighted by Crippen LogP contribution is 2.16. The van der Waals surface area contributed by atoms with Gasteiger partial charge in [0, 0.05) is 22.5 Å². The molecule has 3 heteroatoms. The summed E-state index contributed by atoms with van der Waals surface area (Å²) in [5.74, 6) is 0.687. The lowest BCUT2D eigenvalue weighted by Crippen LogP contribution is -2.08. The molecule has 0 aliphatic rings. The van der Waals surface area contributed by atoms with Crippen molar-refractivity contribution >= 4 is 17.2 Å². The van der Waals surface area contributed by atoms with Crippen molar-refractivity contribution in [2.45, 2.75) is 0 Å². The van der Waals surface area contributed by atoms with Crippen molar-refractivity contribution in [1.29, 1.82) is 0 Å². The summed E-state index contributed by atoms with van der Waals surface area (Å²) < 4.78 is 0. The van der Waals surface area contributed by atoms with Crippen LogP contribution in [0.3, 0.4) is 0 Å². The topological polar surface area (TPSA) is 41.1 Å². The van der Waals surface area contributed by atoms with E-state index in [0.29, 0.717) is 16.9 Å². The molecule has 2 N–H and O–H groups in total. The third kappa shape index (κ3) is 3.90. The minimum atomic E-state index is 0.0170. The van der Waals surface area contributed by atoms with Crippen LogP contribution in [-0.2, 0) is 0 Å². The second-order valence-corrected chi connectivity index (χ2v) is 5.37. The van der Waals surface area contributed by atoms with Crippen LogP contribution in [0.5, 0.6) is 0 Å². The normalized spacial score (nSPS) is 10.0. The van der Waals surface area contributed by atoms with Gasteiger partial charge in [-0.2, -0.15) is 0 Å². The summed E-state index contributed by atoms with van der Waals surface area (Å²) in [4.78, 5) is 12.4. The standard InChI is InChI=1S/C21H18N2O/c1-16(22-19-10-6-3-7-11-19)23-20-14-12-18(13-15-20)21(24)17-8-4-2-5-9-17/h2-15,22-23H,1H2. The van der Waals surface area contributed by atoms with Gasteiger partial charge in [0.1, 0.15) is 5.82 Å². The van der Waals surface area contributed by atoms with Gasteiger partial charge in [-0.15, -0.1) is 0 Å². The third-order valence-corrected chi connectivity index (χ3v) is 3.55. The van der Waals surface area contributed by atoms with Gasteiger partial charge in [-0.05, 0) is 36.4 Å². The molecule has 0 spiro atoms. The van der Waals surface area contributed by atoms with E-state index in [1.807, 2.05) is 84.9 Å². The zero-order chi connectivity index (χ0) is 16.8. The van der Waals surface area contributed by atoms with Gasteiger partial charge in [0.15, 0.2) is 5.78 Å². The second kappa shape index (κ2) is 7.29. The predicted molar refractivity (Wildman–Crippen MR) is 99.1 cm³/mol. The smallest absolute Gasteiger partial charge is 0.193 e. The van der Waals surface area contributed by atoms with Gasteiger partial charge in [-0.25, -0.2) is 0 Å². The van der Waals surface area contributed by atoms with Gasteiger partial charge < -0.3 is 10.6 Å². The molecule has 3 aromatic rings. The first kappa shape index (κ1) is 15.6. The molecule has 3 aromatic carbocycles. The fraction of sp³-hybridized carbons (Fsp3) is 0. The van der Waals surface area contributed by atoms with Gasteiger partial charge in [0.2, 0.25) is 0 Å². The molecule has 0 bridgehead atoms. The molecule has 0 aromatic heterocycles. The molecule has 0 atom stereocenters. The van der Waals surface area contributed by atoms with E-state index < -0.39 is 0 Å². The van der Waals surface area contributed by atoms with Crippen LogP contribution in [-0.4, -0.2) is 5.78 Å². The summed E-state index contributed by atoms with van der Waals surface area (Å²) in [5.41, 5.74) is 3.18. The Balaban J connectivity index is 1.64. The number of ketones is 1. The molecule has 118 valence electrons. The van der Waals surface area contributed by atoms with Gasteiger partial charge in [-0.3, -0.25) is 4.79 Å². The Hall–Kier alpha value is -3.33. The van der Waals surface area contributed by atoms with Gasteiger partial charge in [-0.1, -0.05) is 55.1 Å². The number of nitrogens with one attached hydrogen (secondary N) is 2. The fourth-order valence-corrected chi connectivity index (χ4v) is 2.36. The van der Waals surface area contributed by atoms with Gasteiger partial charge >= 0.3 is 0 Å². The SMILES string of the molecule is C=C(Nc1ccccc1)Nc1ccc(C(=O)c2ccccc2)cc1. The van der Waals surface area contributed by atoms with E-state index in [4.69, 9.17) is 0 Å². The molecule has 0 heterocycles. The number of para-hydroxylation sites is 1. The summed E-state index contributed by atoms with van der Waals surface area (Å²) >= 11 is 0. The first-order valence-electron chi connectivity index (χ1n) is 7.70. The Labute approximate surface area is 141 Å². The maximum absolute atomic E-state index is 12.4. The van der Waals surface area contributed by atoms with E-state index in [2.05, 4.69) is 17.2 Å². The van der Waals surface area contributed by atoms with Crippen LogP contribution < -0.4 is 10.6 Å². The largest absolute Gasteiger partial charge is 0.342 e. The van der Waals surface area contributed by atoms with Crippen molar-refractivity contribution in [1.82, 2.24) is 0 Å². The maximum Gasteiger partial charge on any atom is 0.193 e. The summed E-state index contributed by atoms with van der Waals surface area (Å²) in [7, 11) is 0. The molecule has 0 aliphatic carbocycles. The van der Waals surface area contributed by atoms with E-state index in [0.717, 1.165) is 11.4 Å². The number of rotatable bonds is 6. The lowest BCUT2D eigenvalue weighted by atomic mass is 10.0. The monoisotopic (exact) mass is 314 g/mol. The molecule has 0 saturated heterocycles. The molecule has 0 saturated carbocycles. The van der Waals surface area contributed by atoms with E-state index in [1.165, 1.54) is 0 Å². The van der Waals surface area contributed by atoms with Crippen LogP contribution >= 0.6 is 0 Å². The van der Waals surface area contributed by atoms with Crippen LogP contribution in [0.25, 0.3) is 0 Å². The summed E-state index contributed by atoms with van der Waals surface area (Å²) in [6.07, 6.45) is 0. The molecule has 0 radical (unpaired) electrons. The summed E-state index contributed by atoms with van der Waals surface area (Å²) in [6.45, 7) is 3.96. The fourth-order valence-electron chi connectivity index (χ4n) is 2.36. The van der Waals surface area contributed by atoms with Crippen molar-refractivity contribution in [3.05, 3.63) is 108 Å². The molecule has 3 rings (SSSR count). The molecular formula is C21H18N2O. The van der Waals surface area contributed by atoms with Crippen molar-refractivity contribution in [2.24, 2.45) is 0 Å². The van der Waals surface area contributed by atoms with Crippen molar-refractivity contribution in [3.8, 4) is 0 Å². The Morgan fingerprint density at radius 3 is 1.67 bits per heavy atom. The van der Waals surface area contributed by atoms with Crippen molar-refractivity contribution < 1.29 is 4.79 Å². The average molecular weight is 314 g/mol. The van der Waals surface area contributed by atoms with Crippen LogP contribution in [0.2, 0.25) is 0 Å². The number of carbonyl (C=O) groups excluding carboxylic acids is 1. The Morgan fingerprint density at radius 2 is 1.08 bits per heavy atom. The van der Waals surface area contributed by atoms with E-state index in [-0.39, 0.29) is 5.78 Å². The molecule has 0 aliphatic heterocycles. The summed E-state index contributed by atoms with van der Waals surface area (Å²) in [5, 5.41) is 6.36. The summed E-state index contributed by atoms with van der Waals surface area (Å²) in [6, 6.07) is 26.4. The number of hydrogen-bond donors (Lipinski definition) is 2. The van der Waals surface area contributed by atoms with Crippen molar-refractivity contribution in [3.63, 3.8) is 0 Å². The molecule has 0 amide bonds. The second-order valence-electron chi connectivity index (χ2n) is 5.37. The minimum Gasteiger partial charge on any atom is -0.342 e. The van der Waals surface area contributed by atoms with E-state index >= 15 is 0 Å². The van der Waals surface area contributed by atoms with E-state index in [1.54, 1.807) is 0 Å². The van der Waals surface area contributed by atoms with Crippen LogP contribution in [0, 0.1) is 0 Å². The lowest BCUT2D eigenvalue weighted by Gasteiger charge is -2.12. The Kier molecular flexibility index (Phi) is 4.73. The average Bonchev–Trinajstić information content (AvgIpc) is 2.63. The Morgan fingerprint density at radius 1 is 0.625 bits per heavy atom. The van der Waals surface area contributed by atoms with Crippen LogP contribution in [0.15, 0.2) is 97.3 Å². The molecule has 0 unspecified atom stereocenters. The number of carbonyl (C=O) groups is 1. The number of hydrogen-bond acceptors (Lipinski definition) is 3.